The number of ether oxygens (including phenoxy) is 4. The average Bonchev–Trinajstić information content (AvgIpc) is 2.75. The molecule has 2 aliphatic rings. The molecule has 1 heterocycles. The highest BCUT2D eigenvalue weighted by molar-refractivity contribution is 5.96. The molecule has 0 bridgehead atoms. The van der Waals surface area contributed by atoms with Crippen molar-refractivity contribution in [2.75, 3.05) is 7.11 Å². The number of allylic oxidation sites excluding steroid dienone is 1. The van der Waals surface area contributed by atoms with E-state index in [2.05, 4.69) is 19.1 Å². The van der Waals surface area contributed by atoms with Crippen molar-refractivity contribution in [1.82, 2.24) is 0 Å². The molecule has 1 fully saturated rings. The molecule has 5 nitrogen and oxygen atoms in total. The van der Waals surface area contributed by atoms with Gasteiger partial charge in [-0.1, -0.05) is 24.3 Å². The Labute approximate surface area is 171 Å². The molecule has 3 atom stereocenters. The molecular weight excluding hydrogens is 368 g/mol. The predicted octanol–water partition coefficient (Wildman–Crippen LogP) is 4.58. The summed E-state index contributed by atoms with van der Waals surface area (Å²) in [6.45, 7) is 2.68. The summed E-state index contributed by atoms with van der Waals surface area (Å²) in [6, 6.07) is 15.4. The Bertz CT molecular complexity index is 886. The highest BCUT2D eigenvalue weighted by atomic mass is 16.5. The standard InChI is InChI=1S/C24H26O5/c1-16-5-3-4-6-17(16)14-27-20-11-12-21-22(13-20)28-15-23(24(21)25)29-19-9-7-18(26-2)8-10-19/h3-10,15,20-22H,11-14H2,1-2H3. The zero-order chi connectivity index (χ0) is 20.2. The third-order valence-electron chi connectivity index (χ3n) is 5.70. The molecule has 0 spiro atoms. The number of carbonyl (C=O) groups is 1. The molecule has 1 aliphatic heterocycles. The lowest BCUT2D eigenvalue weighted by atomic mass is 9.80. The molecular formula is C24H26O5. The van der Waals surface area contributed by atoms with Crippen molar-refractivity contribution < 1.29 is 23.7 Å². The van der Waals surface area contributed by atoms with Gasteiger partial charge in [-0.3, -0.25) is 4.79 Å². The van der Waals surface area contributed by atoms with Crippen LogP contribution >= 0.6 is 0 Å². The van der Waals surface area contributed by atoms with Crippen molar-refractivity contribution in [3.8, 4) is 11.5 Å². The molecule has 0 N–H and O–H groups in total. The molecule has 2 aromatic rings. The molecule has 4 rings (SSSR count). The number of hydrogen-bond donors (Lipinski definition) is 0. The van der Waals surface area contributed by atoms with Crippen molar-refractivity contribution in [2.45, 2.75) is 45.0 Å². The SMILES string of the molecule is COc1ccc(OC2=COC3CC(OCc4ccccc4C)CCC3C2=O)cc1. The Hall–Kier alpha value is -2.79. The number of hydrogen-bond acceptors (Lipinski definition) is 5. The second kappa shape index (κ2) is 8.70. The third-order valence-corrected chi connectivity index (χ3v) is 5.70. The average molecular weight is 394 g/mol. The number of benzene rings is 2. The first kappa shape index (κ1) is 19.5. The molecule has 3 unspecified atom stereocenters. The van der Waals surface area contributed by atoms with Crippen molar-refractivity contribution >= 4 is 5.78 Å². The van der Waals surface area contributed by atoms with Crippen molar-refractivity contribution in [2.24, 2.45) is 5.92 Å². The van der Waals surface area contributed by atoms with Crippen LogP contribution in [-0.4, -0.2) is 25.1 Å². The zero-order valence-corrected chi connectivity index (χ0v) is 16.8. The smallest absolute Gasteiger partial charge is 0.207 e. The lowest BCUT2D eigenvalue weighted by Gasteiger charge is -2.37. The minimum absolute atomic E-state index is 0.00872. The van der Waals surface area contributed by atoms with Gasteiger partial charge in [0.05, 0.1) is 25.7 Å². The van der Waals surface area contributed by atoms with Crippen LogP contribution in [0.4, 0.5) is 0 Å². The lowest BCUT2D eigenvalue weighted by molar-refractivity contribution is -0.134. The van der Waals surface area contributed by atoms with Crippen molar-refractivity contribution in [1.29, 1.82) is 0 Å². The van der Waals surface area contributed by atoms with Crippen LogP contribution in [0.2, 0.25) is 0 Å². The second-order valence-corrected chi connectivity index (χ2v) is 7.58. The van der Waals surface area contributed by atoms with E-state index in [-0.39, 0.29) is 29.7 Å². The van der Waals surface area contributed by atoms with Crippen LogP contribution in [0.3, 0.4) is 0 Å². The minimum Gasteiger partial charge on any atom is -0.497 e. The summed E-state index contributed by atoms with van der Waals surface area (Å²) in [5.74, 6) is 1.42. The maximum Gasteiger partial charge on any atom is 0.207 e. The first-order valence-electron chi connectivity index (χ1n) is 10.0. The largest absolute Gasteiger partial charge is 0.497 e. The number of aryl methyl sites for hydroxylation is 1. The lowest BCUT2D eigenvalue weighted by Crippen LogP contribution is -2.42. The normalized spacial score (nSPS) is 23.6. The topological polar surface area (TPSA) is 54.0 Å². The summed E-state index contributed by atoms with van der Waals surface area (Å²) in [5.41, 5.74) is 2.43. The first-order chi connectivity index (χ1) is 14.1. The highest BCUT2D eigenvalue weighted by Gasteiger charge is 2.41. The molecule has 5 heteroatoms. The van der Waals surface area contributed by atoms with Crippen LogP contribution in [0.15, 0.2) is 60.6 Å². The van der Waals surface area contributed by atoms with E-state index in [1.807, 2.05) is 12.1 Å². The molecule has 1 aliphatic carbocycles. The number of rotatable bonds is 6. The summed E-state index contributed by atoms with van der Waals surface area (Å²) in [5, 5.41) is 0. The van der Waals surface area contributed by atoms with Gasteiger partial charge in [-0.25, -0.2) is 0 Å². The van der Waals surface area contributed by atoms with Crippen LogP contribution in [0.1, 0.15) is 30.4 Å². The fourth-order valence-corrected chi connectivity index (χ4v) is 3.91. The van der Waals surface area contributed by atoms with E-state index >= 15 is 0 Å². The van der Waals surface area contributed by atoms with Gasteiger partial charge in [0.25, 0.3) is 0 Å². The Morgan fingerprint density at radius 2 is 1.79 bits per heavy atom. The van der Waals surface area contributed by atoms with Gasteiger partial charge < -0.3 is 18.9 Å². The Morgan fingerprint density at radius 3 is 2.55 bits per heavy atom. The summed E-state index contributed by atoms with van der Waals surface area (Å²) >= 11 is 0. The molecule has 0 saturated heterocycles. The van der Waals surface area contributed by atoms with Gasteiger partial charge in [0.1, 0.15) is 23.9 Å². The number of methoxy groups -OCH3 is 1. The Balaban J connectivity index is 1.35. The monoisotopic (exact) mass is 394 g/mol. The molecule has 2 aromatic carbocycles. The van der Waals surface area contributed by atoms with Crippen LogP contribution < -0.4 is 9.47 Å². The maximum atomic E-state index is 12.9. The highest BCUT2D eigenvalue weighted by Crippen LogP contribution is 2.35. The minimum atomic E-state index is -0.174. The first-order valence-corrected chi connectivity index (χ1v) is 10.0. The van der Waals surface area contributed by atoms with E-state index < -0.39 is 0 Å². The van der Waals surface area contributed by atoms with E-state index in [9.17, 15) is 4.79 Å². The zero-order valence-electron chi connectivity index (χ0n) is 16.8. The van der Waals surface area contributed by atoms with Crippen molar-refractivity contribution in [3.63, 3.8) is 0 Å². The third kappa shape index (κ3) is 4.46. The van der Waals surface area contributed by atoms with Gasteiger partial charge in [-0.2, -0.15) is 0 Å². The van der Waals surface area contributed by atoms with E-state index in [0.29, 0.717) is 18.8 Å². The molecule has 0 amide bonds. The van der Waals surface area contributed by atoms with Crippen LogP contribution in [-0.2, 0) is 20.9 Å². The van der Waals surface area contributed by atoms with Gasteiger partial charge >= 0.3 is 0 Å². The van der Waals surface area contributed by atoms with E-state index in [4.69, 9.17) is 18.9 Å². The summed E-state index contributed by atoms with van der Waals surface area (Å²) in [6.07, 6.45) is 3.71. The quantitative estimate of drug-likeness (QED) is 0.718. The van der Waals surface area contributed by atoms with Crippen LogP contribution in [0.5, 0.6) is 11.5 Å². The van der Waals surface area contributed by atoms with Crippen molar-refractivity contribution in [3.05, 3.63) is 71.7 Å². The summed E-state index contributed by atoms with van der Waals surface area (Å²) in [7, 11) is 1.61. The number of Topliss-reactive ketones (excluding diaryl/α,β-unsaturated/α-hetero) is 1. The summed E-state index contributed by atoms with van der Waals surface area (Å²) < 4.78 is 22.9. The molecule has 0 radical (unpaired) electrons. The fraction of sp³-hybridized carbons (Fsp3) is 0.375. The van der Waals surface area contributed by atoms with Crippen LogP contribution in [0.25, 0.3) is 0 Å². The molecule has 29 heavy (non-hydrogen) atoms. The predicted molar refractivity (Wildman–Crippen MR) is 109 cm³/mol. The van der Waals surface area contributed by atoms with E-state index in [0.717, 1.165) is 18.6 Å². The van der Waals surface area contributed by atoms with E-state index in [1.165, 1.54) is 17.4 Å². The second-order valence-electron chi connectivity index (χ2n) is 7.58. The van der Waals surface area contributed by atoms with Gasteiger partial charge in [-0.15, -0.1) is 0 Å². The molecule has 152 valence electrons. The van der Waals surface area contributed by atoms with Gasteiger partial charge in [0.15, 0.2) is 0 Å². The van der Waals surface area contributed by atoms with E-state index in [1.54, 1.807) is 31.4 Å². The van der Waals surface area contributed by atoms with Gasteiger partial charge in [-0.05, 0) is 55.2 Å². The molecule has 0 aromatic heterocycles. The number of ketones is 1. The van der Waals surface area contributed by atoms with Gasteiger partial charge in [0, 0.05) is 6.42 Å². The summed E-state index contributed by atoms with van der Waals surface area (Å²) in [4.78, 5) is 12.9. The fourth-order valence-electron chi connectivity index (χ4n) is 3.91. The van der Waals surface area contributed by atoms with Gasteiger partial charge in [0.2, 0.25) is 11.5 Å². The Kier molecular flexibility index (Phi) is 5.86. The number of fused-ring (bicyclic) bond motifs is 1. The molecule has 1 saturated carbocycles. The maximum absolute atomic E-state index is 12.9. The number of carbonyl (C=O) groups excluding carboxylic acids is 1. The van der Waals surface area contributed by atoms with Crippen LogP contribution in [0, 0.1) is 12.8 Å². The Morgan fingerprint density at radius 1 is 1.03 bits per heavy atom.